The Balaban J connectivity index is 1.27. The third kappa shape index (κ3) is 2.55. The molecule has 0 radical (unpaired) electrons. The van der Waals surface area contributed by atoms with Crippen LogP contribution in [0, 0.1) is 0 Å². The predicted molar refractivity (Wildman–Crippen MR) is 171 cm³/mol. The first-order valence-electron chi connectivity index (χ1n) is 14.3. The average Bonchev–Trinajstić information content (AvgIpc) is 3.01. The van der Waals surface area contributed by atoms with Gasteiger partial charge in [0.25, 0.3) is 0 Å². The first kappa shape index (κ1) is 22.9. The van der Waals surface area contributed by atoms with Crippen molar-refractivity contribution in [2.75, 3.05) is 0 Å². The molecule has 200 valence electrons. The second-order valence-electron chi connectivity index (χ2n) is 11.9. The summed E-state index contributed by atoms with van der Waals surface area (Å²) in [6, 6.07) is 38.5. The topological polar surface area (TPSA) is 36.9 Å². The average molecular weight is 577 g/mol. The summed E-state index contributed by atoms with van der Waals surface area (Å²) in [6.45, 7) is 4.87. The number of benzene rings is 6. The summed E-state index contributed by atoms with van der Waals surface area (Å²) >= 11 is 0. The van der Waals surface area contributed by atoms with Crippen LogP contribution in [-0.4, -0.2) is 16.1 Å². The van der Waals surface area contributed by atoms with E-state index in [0.29, 0.717) is 0 Å². The van der Waals surface area contributed by atoms with Crippen LogP contribution in [0.25, 0.3) is 10.8 Å². The fourth-order valence-corrected chi connectivity index (χ4v) is 16.3. The Bertz CT molecular complexity index is 2050. The third-order valence-electron chi connectivity index (χ3n) is 9.87. The smallest absolute Gasteiger partial charge is 0.164 e. The molecule has 0 spiro atoms. The maximum atomic E-state index is 6.83. The molecule has 10 rings (SSSR count). The quantitative estimate of drug-likeness (QED) is 0.225. The van der Waals surface area contributed by atoms with Crippen molar-refractivity contribution >= 4 is 58.0 Å². The fourth-order valence-electron chi connectivity index (χ4n) is 7.93. The maximum absolute atomic E-state index is 6.83. The molecular formula is C36H24O4Si2. The summed E-state index contributed by atoms with van der Waals surface area (Å²) < 4.78 is 26.5. The van der Waals surface area contributed by atoms with E-state index in [4.69, 9.17) is 18.9 Å². The van der Waals surface area contributed by atoms with Gasteiger partial charge in [0.2, 0.25) is 0 Å². The fraction of sp³-hybridized carbons (Fsp3) is 0.0556. The minimum Gasteiger partial charge on any atom is -0.457 e. The number of fused-ring (bicyclic) bond motifs is 11. The molecule has 6 heteroatoms. The molecule has 0 fully saturated rings. The molecule has 4 aliphatic heterocycles. The second-order valence-corrected chi connectivity index (χ2v) is 19.5. The Morgan fingerprint density at radius 3 is 1.19 bits per heavy atom. The van der Waals surface area contributed by atoms with E-state index in [2.05, 4.69) is 110 Å². The lowest BCUT2D eigenvalue weighted by Gasteiger charge is -2.42. The molecule has 4 nitrogen and oxygen atoms in total. The van der Waals surface area contributed by atoms with Crippen LogP contribution in [0.15, 0.2) is 109 Å². The molecule has 0 aliphatic carbocycles. The third-order valence-corrected chi connectivity index (χ3v) is 18.8. The highest BCUT2D eigenvalue weighted by atomic mass is 28.3. The van der Waals surface area contributed by atoms with Gasteiger partial charge in [-0.3, -0.25) is 0 Å². The minimum atomic E-state index is -2.42. The number of ether oxygens (including phenoxy) is 4. The van der Waals surface area contributed by atoms with E-state index in [9.17, 15) is 0 Å². The van der Waals surface area contributed by atoms with Crippen molar-refractivity contribution in [3.8, 4) is 46.0 Å². The molecule has 42 heavy (non-hydrogen) atoms. The van der Waals surface area contributed by atoms with Gasteiger partial charge in [-0.15, -0.1) is 0 Å². The Labute approximate surface area is 244 Å². The lowest BCUT2D eigenvalue weighted by Crippen LogP contribution is -2.69. The largest absolute Gasteiger partial charge is 0.457 e. The molecule has 0 aromatic heterocycles. The number of hydrogen-bond donors (Lipinski definition) is 0. The van der Waals surface area contributed by atoms with Crippen molar-refractivity contribution < 1.29 is 18.9 Å². The number of hydrogen-bond acceptors (Lipinski definition) is 4. The zero-order chi connectivity index (χ0) is 27.8. The molecule has 2 unspecified atom stereocenters. The minimum absolute atomic E-state index is 0.893. The Morgan fingerprint density at radius 1 is 0.357 bits per heavy atom. The van der Waals surface area contributed by atoms with Crippen LogP contribution in [0.5, 0.6) is 46.0 Å². The lowest BCUT2D eigenvalue weighted by atomic mass is 10.1. The first-order chi connectivity index (χ1) is 20.6. The van der Waals surface area contributed by atoms with E-state index in [0.717, 1.165) is 56.8 Å². The van der Waals surface area contributed by atoms with Gasteiger partial charge in [0.1, 0.15) is 46.0 Å². The number of rotatable bonds is 0. The van der Waals surface area contributed by atoms with E-state index < -0.39 is 16.1 Å². The molecule has 0 amide bonds. The van der Waals surface area contributed by atoms with Crippen molar-refractivity contribution in [2.24, 2.45) is 0 Å². The lowest BCUT2D eigenvalue weighted by molar-refractivity contribution is 0.463. The van der Waals surface area contributed by atoms with E-state index in [1.165, 1.54) is 31.1 Å². The van der Waals surface area contributed by atoms with E-state index in [-0.39, 0.29) is 0 Å². The summed E-state index contributed by atoms with van der Waals surface area (Å²) in [5, 5.41) is 9.68. The molecule has 4 aliphatic rings. The van der Waals surface area contributed by atoms with Crippen molar-refractivity contribution in [2.45, 2.75) is 13.1 Å². The van der Waals surface area contributed by atoms with Crippen LogP contribution in [-0.2, 0) is 0 Å². The SMILES string of the molecule is C[Si]12c3ccccc3Oc3cccc(c31)Oc1c2ccc2c3c(ccc12)[Si]1(C)c2ccccc2Oc2cccc(c21)O3. The summed E-state index contributed by atoms with van der Waals surface area (Å²) in [6.07, 6.45) is 0. The molecule has 0 saturated carbocycles. The van der Waals surface area contributed by atoms with Crippen molar-refractivity contribution in [3.05, 3.63) is 109 Å². The Kier molecular flexibility index (Phi) is 4.10. The van der Waals surface area contributed by atoms with Gasteiger partial charge in [-0.25, -0.2) is 0 Å². The van der Waals surface area contributed by atoms with Crippen LogP contribution >= 0.6 is 0 Å². The molecule has 4 heterocycles. The summed E-state index contributed by atoms with van der Waals surface area (Å²) in [4.78, 5) is 0. The van der Waals surface area contributed by atoms with E-state index >= 15 is 0 Å². The van der Waals surface area contributed by atoms with Gasteiger partial charge in [0.15, 0.2) is 16.1 Å². The predicted octanol–water partition coefficient (Wildman–Crippen LogP) is 5.46. The molecule has 6 aromatic carbocycles. The molecule has 0 N–H and O–H groups in total. The second kappa shape index (κ2) is 7.53. The first-order valence-corrected chi connectivity index (χ1v) is 19.3. The zero-order valence-corrected chi connectivity index (χ0v) is 25.0. The van der Waals surface area contributed by atoms with Crippen LogP contribution in [0.3, 0.4) is 0 Å². The zero-order valence-electron chi connectivity index (χ0n) is 23.0. The molecule has 0 saturated heterocycles. The van der Waals surface area contributed by atoms with Gasteiger partial charge in [-0.1, -0.05) is 85.9 Å². The standard InChI is InChI=1S/C36H24O4Si2/c1-41-29-15-5-3-9-23(29)37-25-11-7-13-27(35(25)41)39-33-21-18-20-32-34(22(21)17-19-31(33)41)40-28-14-8-12-26-36(28)42(32,2)30-16-6-4-10-24(30)38-26/h3-20H,1-2H3. The highest BCUT2D eigenvalue weighted by Gasteiger charge is 2.51. The van der Waals surface area contributed by atoms with Gasteiger partial charge in [-0.2, -0.15) is 0 Å². The molecule has 0 bridgehead atoms. The Morgan fingerprint density at radius 2 is 0.738 bits per heavy atom. The van der Waals surface area contributed by atoms with Crippen LogP contribution in [0.4, 0.5) is 0 Å². The van der Waals surface area contributed by atoms with Crippen LogP contribution in [0.2, 0.25) is 13.1 Å². The van der Waals surface area contributed by atoms with Gasteiger partial charge in [0.05, 0.1) is 0 Å². The Hall–Kier alpha value is -4.79. The summed E-state index contributed by atoms with van der Waals surface area (Å²) in [7, 11) is -4.84. The number of para-hydroxylation sites is 2. The maximum Gasteiger partial charge on any atom is 0.164 e. The summed E-state index contributed by atoms with van der Waals surface area (Å²) in [5.41, 5.74) is 0. The highest BCUT2D eigenvalue weighted by molar-refractivity contribution is 7.13. The summed E-state index contributed by atoms with van der Waals surface area (Å²) in [5.74, 6) is 7.37. The van der Waals surface area contributed by atoms with Crippen molar-refractivity contribution in [1.82, 2.24) is 0 Å². The monoisotopic (exact) mass is 576 g/mol. The van der Waals surface area contributed by atoms with Crippen molar-refractivity contribution in [1.29, 1.82) is 0 Å². The molecule has 2 atom stereocenters. The van der Waals surface area contributed by atoms with Crippen LogP contribution < -0.4 is 50.1 Å². The molecule has 6 aromatic rings. The highest BCUT2D eigenvalue weighted by Crippen LogP contribution is 2.45. The molecular weight excluding hydrogens is 553 g/mol. The normalized spacial score (nSPS) is 21.1. The van der Waals surface area contributed by atoms with E-state index in [1.54, 1.807) is 0 Å². The van der Waals surface area contributed by atoms with Crippen LogP contribution in [0.1, 0.15) is 0 Å². The van der Waals surface area contributed by atoms with Gasteiger partial charge in [0, 0.05) is 21.1 Å². The van der Waals surface area contributed by atoms with Gasteiger partial charge >= 0.3 is 0 Å². The van der Waals surface area contributed by atoms with Gasteiger partial charge in [-0.05, 0) is 57.1 Å². The van der Waals surface area contributed by atoms with E-state index in [1.807, 2.05) is 12.1 Å². The van der Waals surface area contributed by atoms with Gasteiger partial charge < -0.3 is 18.9 Å². The van der Waals surface area contributed by atoms with Crippen molar-refractivity contribution in [3.63, 3.8) is 0 Å².